The Morgan fingerprint density at radius 3 is 2.71 bits per heavy atom. The highest BCUT2D eigenvalue weighted by molar-refractivity contribution is 5.70. The summed E-state index contributed by atoms with van der Waals surface area (Å²) in [5.74, 6) is 0. The molecule has 0 N–H and O–H groups in total. The van der Waals surface area contributed by atoms with E-state index in [1.165, 1.54) is 5.57 Å². The monoisotopic (exact) mass is 296 g/mol. The van der Waals surface area contributed by atoms with E-state index in [9.17, 15) is 4.79 Å². The maximum absolute atomic E-state index is 12.4. The number of carbonyl (C=O) groups excluding carboxylic acids is 1. The highest BCUT2D eigenvalue weighted by Crippen LogP contribution is 2.30. The van der Waals surface area contributed by atoms with Gasteiger partial charge in [-0.1, -0.05) is 11.6 Å². The molecule has 0 aromatic rings. The zero-order chi connectivity index (χ0) is 15.6. The Kier molecular flexibility index (Phi) is 4.94. The van der Waals surface area contributed by atoms with Crippen molar-refractivity contribution >= 4 is 6.09 Å². The van der Waals surface area contributed by atoms with Gasteiger partial charge in [-0.15, -0.1) is 0 Å². The van der Waals surface area contributed by atoms with Crippen LogP contribution < -0.4 is 0 Å². The molecule has 1 amide bonds. The van der Waals surface area contributed by atoms with Crippen molar-refractivity contribution in [2.45, 2.75) is 51.3 Å². The number of hydrogen-bond acceptors (Lipinski definition) is 4. The first-order valence-corrected chi connectivity index (χ1v) is 7.69. The Bertz CT molecular complexity index is 412. The summed E-state index contributed by atoms with van der Waals surface area (Å²) in [4.78, 5) is 16.5. The van der Waals surface area contributed by atoms with Crippen LogP contribution in [0, 0.1) is 0 Å². The van der Waals surface area contributed by atoms with Crippen molar-refractivity contribution in [2.24, 2.45) is 0 Å². The molecule has 2 aliphatic rings. The minimum absolute atomic E-state index is 0.0181. The number of ether oxygens (including phenoxy) is 2. The second-order valence-corrected chi connectivity index (χ2v) is 7.23. The van der Waals surface area contributed by atoms with E-state index < -0.39 is 5.60 Å². The molecule has 1 fully saturated rings. The van der Waals surface area contributed by atoms with Crippen molar-refractivity contribution in [3.05, 3.63) is 11.6 Å². The van der Waals surface area contributed by atoms with Crippen LogP contribution >= 0.6 is 0 Å². The molecule has 2 aliphatic heterocycles. The van der Waals surface area contributed by atoms with Crippen LogP contribution in [0.25, 0.3) is 0 Å². The van der Waals surface area contributed by atoms with Crippen molar-refractivity contribution in [2.75, 3.05) is 33.9 Å². The van der Waals surface area contributed by atoms with Crippen molar-refractivity contribution in [1.82, 2.24) is 9.80 Å². The van der Waals surface area contributed by atoms with Gasteiger partial charge in [-0.25, -0.2) is 4.79 Å². The fourth-order valence-corrected chi connectivity index (χ4v) is 2.84. The average molecular weight is 296 g/mol. The first-order chi connectivity index (χ1) is 9.76. The van der Waals surface area contributed by atoms with E-state index in [2.05, 4.69) is 25.1 Å². The molecule has 1 saturated heterocycles. The molecular weight excluding hydrogens is 268 g/mol. The molecule has 2 atom stereocenters. The van der Waals surface area contributed by atoms with Crippen LogP contribution in [0.2, 0.25) is 0 Å². The van der Waals surface area contributed by atoms with Crippen LogP contribution in [0.15, 0.2) is 11.6 Å². The summed E-state index contributed by atoms with van der Waals surface area (Å²) in [6.07, 6.45) is 3.93. The van der Waals surface area contributed by atoms with Crippen LogP contribution in [-0.4, -0.2) is 67.4 Å². The standard InChI is InChI=1S/C16H28N2O3/c1-16(2,3)21-15(19)18-13-8-12(6-7-17(4)5)9-14(18)11-20-10-13/h8,13-14H,6-7,9-11H2,1-5H3. The Hall–Kier alpha value is -1.07. The van der Waals surface area contributed by atoms with E-state index in [0.29, 0.717) is 13.2 Å². The first kappa shape index (κ1) is 16.3. The molecule has 0 radical (unpaired) electrons. The lowest BCUT2D eigenvalue weighted by atomic mass is 9.92. The van der Waals surface area contributed by atoms with Crippen molar-refractivity contribution in [1.29, 1.82) is 0 Å². The molecule has 2 unspecified atom stereocenters. The van der Waals surface area contributed by atoms with Gasteiger partial charge in [0.25, 0.3) is 0 Å². The number of carbonyl (C=O) groups is 1. The van der Waals surface area contributed by atoms with E-state index in [0.717, 1.165) is 19.4 Å². The molecule has 0 aliphatic carbocycles. The van der Waals surface area contributed by atoms with Gasteiger partial charge in [0, 0.05) is 6.54 Å². The summed E-state index contributed by atoms with van der Waals surface area (Å²) >= 11 is 0. The highest BCUT2D eigenvalue weighted by atomic mass is 16.6. The van der Waals surface area contributed by atoms with Crippen LogP contribution in [-0.2, 0) is 9.47 Å². The quantitative estimate of drug-likeness (QED) is 0.749. The van der Waals surface area contributed by atoms with Crippen LogP contribution in [0.4, 0.5) is 4.79 Å². The Morgan fingerprint density at radius 1 is 1.43 bits per heavy atom. The van der Waals surface area contributed by atoms with Crippen molar-refractivity contribution in [3.8, 4) is 0 Å². The van der Waals surface area contributed by atoms with Gasteiger partial charge in [-0.3, -0.25) is 4.90 Å². The summed E-state index contributed by atoms with van der Waals surface area (Å²) in [7, 11) is 4.17. The third kappa shape index (κ3) is 4.45. The second-order valence-electron chi connectivity index (χ2n) is 7.23. The number of morpholine rings is 1. The van der Waals surface area contributed by atoms with Gasteiger partial charge < -0.3 is 14.4 Å². The summed E-state index contributed by atoms with van der Waals surface area (Å²) < 4.78 is 11.2. The number of amides is 1. The van der Waals surface area contributed by atoms with E-state index in [4.69, 9.17) is 9.47 Å². The number of fused-ring (bicyclic) bond motifs is 2. The molecule has 5 heteroatoms. The fourth-order valence-electron chi connectivity index (χ4n) is 2.84. The van der Waals surface area contributed by atoms with E-state index in [1.54, 1.807) is 0 Å². The van der Waals surface area contributed by atoms with Gasteiger partial charge in [0.1, 0.15) is 5.60 Å². The molecular formula is C16H28N2O3. The van der Waals surface area contributed by atoms with Gasteiger partial charge in [-0.05, 0) is 47.7 Å². The van der Waals surface area contributed by atoms with E-state index in [-0.39, 0.29) is 18.2 Å². The zero-order valence-electron chi connectivity index (χ0n) is 13.9. The maximum atomic E-state index is 12.4. The third-order valence-electron chi connectivity index (χ3n) is 3.76. The largest absolute Gasteiger partial charge is 0.444 e. The van der Waals surface area contributed by atoms with Gasteiger partial charge in [0.05, 0.1) is 25.3 Å². The molecule has 21 heavy (non-hydrogen) atoms. The number of rotatable bonds is 3. The minimum atomic E-state index is -0.457. The average Bonchev–Trinajstić information content (AvgIpc) is 2.32. The summed E-state index contributed by atoms with van der Waals surface area (Å²) in [5, 5.41) is 0. The second kappa shape index (κ2) is 6.36. The Balaban J connectivity index is 2.06. The molecule has 2 bridgehead atoms. The lowest BCUT2D eigenvalue weighted by Crippen LogP contribution is -2.57. The molecule has 120 valence electrons. The Labute approximate surface area is 127 Å². The first-order valence-electron chi connectivity index (χ1n) is 7.69. The predicted octanol–water partition coefficient (Wildman–Crippen LogP) is 2.27. The SMILES string of the molecule is CN(C)CCC1=CC2COCC(C1)N2C(=O)OC(C)(C)C. The van der Waals surface area contributed by atoms with Gasteiger partial charge >= 0.3 is 6.09 Å². The number of nitrogens with zero attached hydrogens (tertiary/aromatic N) is 2. The molecule has 0 saturated carbocycles. The Morgan fingerprint density at radius 2 is 2.14 bits per heavy atom. The molecule has 0 spiro atoms. The van der Waals surface area contributed by atoms with Crippen LogP contribution in [0.5, 0.6) is 0 Å². The third-order valence-corrected chi connectivity index (χ3v) is 3.76. The number of hydrogen-bond donors (Lipinski definition) is 0. The minimum Gasteiger partial charge on any atom is -0.444 e. The fraction of sp³-hybridized carbons (Fsp3) is 0.812. The van der Waals surface area contributed by atoms with Gasteiger partial charge in [-0.2, -0.15) is 0 Å². The molecule has 0 aromatic carbocycles. The predicted molar refractivity (Wildman–Crippen MR) is 82.3 cm³/mol. The molecule has 0 aromatic heterocycles. The van der Waals surface area contributed by atoms with Crippen molar-refractivity contribution in [3.63, 3.8) is 0 Å². The molecule has 2 rings (SSSR count). The van der Waals surface area contributed by atoms with E-state index >= 15 is 0 Å². The smallest absolute Gasteiger partial charge is 0.411 e. The highest BCUT2D eigenvalue weighted by Gasteiger charge is 2.39. The normalized spacial score (nSPS) is 25.8. The maximum Gasteiger partial charge on any atom is 0.411 e. The zero-order valence-corrected chi connectivity index (χ0v) is 13.9. The lowest BCUT2D eigenvalue weighted by molar-refractivity contribution is -0.0538. The topological polar surface area (TPSA) is 42.0 Å². The summed E-state index contributed by atoms with van der Waals surface area (Å²) in [5.41, 5.74) is 0.975. The van der Waals surface area contributed by atoms with Gasteiger partial charge in [0.15, 0.2) is 0 Å². The van der Waals surface area contributed by atoms with Crippen LogP contribution in [0.1, 0.15) is 33.6 Å². The van der Waals surface area contributed by atoms with Crippen LogP contribution in [0.3, 0.4) is 0 Å². The van der Waals surface area contributed by atoms with E-state index in [1.807, 2.05) is 25.7 Å². The summed E-state index contributed by atoms with van der Waals surface area (Å²) in [6.45, 7) is 7.92. The van der Waals surface area contributed by atoms with Gasteiger partial charge in [0.2, 0.25) is 0 Å². The van der Waals surface area contributed by atoms with Crippen molar-refractivity contribution < 1.29 is 14.3 Å². The summed E-state index contributed by atoms with van der Waals surface area (Å²) in [6, 6.07) is 0.130. The molecule has 5 nitrogen and oxygen atoms in total. The molecule has 2 heterocycles. The lowest BCUT2D eigenvalue weighted by Gasteiger charge is -2.44.